The van der Waals surface area contributed by atoms with E-state index in [0.717, 1.165) is 11.3 Å². The summed E-state index contributed by atoms with van der Waals surface area (Å²) in [6.07, 6.45) is 0. The lowest BCUT2D eigenvalue weighted by Gasteiger charge is -2.18. The number of methoxy groups -OCH3 is 3. The van der Waals surface area contributed by atoms with Crippen molar-refractivity contribution in [3.63, 3.8) is 0 Å². The average molecular weight is 379 g/mol. The topological polar surface area (TPSA) is 68.8 Å². The zero-order valence-electron chi connectivity index (χ0n) is 15.5. The lowest BCUT2D eigenvalue weighted by molar-refractivity contribution is -0.116. The molecule has 1 unspecified atom stereocenters. The number of rotatable bonds is 7. The number of amides is 1. The maximum absolute atomic E-state index is 12.5. The second-order valence-electron chi connectivity index (χ2n) is 5.73. The fourth-order valence-corrected chi connectivity index (χ4v) is 2.57. The molecule has 0 aliphatic heterocycles. The van der Waals surface area contributed by atoms with Gasteiger partial charge in [0.25, 0.3) is 0 Å². The van der Waals surface area contributed by atoms with Crippen LogP contribution in [-0.2, 0) is 4.79 Å². The Morgan fingerprint density at radius 2 is 1.65 bits per heavy atom. The van der Waals surface area contributed by atoms with E-state index in [1.54, 1.807) is 45.4 Å². The Kier molecular flexibility index (Phi) is 6.58. The van der Waals surface area contributed by atoms with E-state index in [9.17, 15) is 4.79 Å². The molecule has 140 valence electrons. The van der Waals surface area contributed by atoms with Gasteiger partial charge in [-0.05, 0) is 37.6 Å². The Labute approximate surface area is 158 Å². The lowest BCUT2D eigenvalue weighted by Crippen LogP contribution is -2.32. The number of aryl methyl sites for hydroxylation is 1. The summed E-state index contributed by atoms with van der Waals surface area (Å²) in [5, 5.41) is 6.58. The summed E-state index contributed by atoms with van der Waals surface area (Å²) >= 11 is 6.10. The smallest absolute Gasteiger partial charge is 0.246 e. The third kappa shape index (κ3) is 4.52. The molecule has 0 spiro atoms. The molecule has 2 N–H and O–H groups in total. The third-order valence-corrected chi connectivity index (χ3v) is 4.31. The summed E-state index contributed by atoms with van der Waals surface area (Å²) in [6.45, 7) is 3.63. The maximum Gasteiger partial charge on any atom is 0.246 e. The number of hydrogen-bond acceptors (Lipinski definition) is 5. The van der Waals surface area contributed by atoms with E-state index >= 15 is 0 Å². The quantitative estimate of drug-likeness (QED) is 0.758. The van der Waals surface area contributed by atoms with E-state index in [2.05, 4.69) is 10.6 Å². The number of carbonyl (C=O) groups is 1. The lowest BCUT2D eigenvalue weighted by atomic mass is 10.2. The number of anilines is 2. The highest BCUT2D eigenvalue weighted by Gasteiger charge is 2.17. The first-order chi connectivity index (χ1) is 12.4. The van der Waals surface area contributed by atoms with Crippen molar-refractivity contribution in [2.75, 3.05) is 32.0 Å². The fraction of sp³-hybridized carbons (Fsp3) is 0.316. The van der Waals surface area contributed by atoms with Gasteiger partial charge in [-0.15, -0.1) is 0 Å². The third-order valence-electron chi connectivity index (χ3n) is 3.90. The molecule has 7 heteroatoms. The summed E-state index contributed by atoms with van der Waals surface area (Å²) in [7, 11) is 4.66. The molecule has 1 atom stereocenters. The van der Waals surface area contributed by atoms with Crippen LogP contribution in [0, 0.1) is 6.92 Å². The molecule has 0 aliphatic carbocycles. The van der Waals surface area contributed by atoms with Crippen molar-refractivity contribution in [1.82, 2.24) is 0 Å². The monoisotopic (exact) mass is 378 g/mol. The summed E-state index contributed by atoms with van der Waals surface area (Å²) in [5.41, 5.74) is 2.16. The van der Waals surface area contributed by atoms with Crippen molar-refractivity contribution in [2.24, 2.45) is 0 Å². The van der Waals surface area contributed by atoms with E-state index in [1.165, 1.54) is 7.11 Å². The van der Waals surface area contributed by atoms with Crippen molar-refractivity contribution < 1.29 is 19.0 Å². The number of nitrogens with one attached hydrogen (secondary N) is 2. The van der Waals surface area contributed by atoms with Crippen LogP contribution < -0.4 is 24.8 Å². The van der Waals surface area contributed by atoms with Crippen LogP contribution in [0.1, 0.15) is 12.5 Å². The zero-order valence-corrected chi connectivity index (χ0v) is 16.2. The molecule has 26 heavy (non-hydrogen) atoms. The van der Waals surface area contributed by atoms with Crippen molar-refractivity contribution in [2.45, 2.75) is 19.9 Å². The standard InChI is InChI=1S/C19H23ClN2O4/c1-11-8-15(17(25-4)10-14(11)20)22-19(23)12(2)21-13-6-7-16(24-3)18(9-13)26-5/h6-10,12,21H,1-5H3,(H,22,23). The van der Waals surface area contributed by atoms with Crippen molar-refractivity contribution in [3.05, 3.63) is 40.9 Å². The van der Waals surface area contributed by atoms with Crippen LogP contribution >= 0.6 is 11.6 Å². The van der Waals surface area contributed by atoms with Crippen LogP contribution in [0.2, 0.25) is 5.02 Å². The molecule has 0 radical (unpaired) electrons. The first-order valence-corrected chi connectivity index (χ1v) is 8.41. The molecule has 6 nitrogen and oxygen atoms in total. The van der Waals surface area contributed by atoms with Gasteiger partial charge in [-0.25, -0.2) is 0 Å². The van der Waals surface area contributed by atoms with Crippen LogP contribution in [0.3, 0.4) is 0 Å². The minimum absolute atomic E-state index is 0.209. The first kappa shape index (κ1) is 19.7. The second kappa shape index (κ2) is 8.67. The van der Waals surface area contributed by atoms with Gasteiger partial charge < -0.3 is 24.8 Å². The van der Waals surface area contributed by atoms with Gasteiger partial charge in [-0.2, -0.15) is 0 Å². The highest BCUT2D eigenvalue weighted by Crippen LogP contribution is 2.32. The highest BCUT2D eigenvalue weighted by molar-refractivity contribution is 6.31. The second-order valence-corrected chi connectivity index (χ2v) is 6.13. The van der Waals surface area contributed by atoms with E-state index in [-0.39, 0.29) is 5.91 Å². The van der Waals surface area contributed by atoms with Crippen LogP contribution in [-0.4, -0.2) is 33.3 Å². The van der Waals surface area contributed by atoms with Crippen LogP contribution in [0.5, 0.6) is 17.2 Å². The summed E-state index contributed by atoms with van der Waals surface area (Å²) in [5.74, 6) is 1.50. The summed E-state index contributed by atoms with van der Waals surface area (Å²) < 4.78 is 15.8. The van der Waals surface area contributed by atoms with Crippen LogP contribution in [0.4, 0.5) is 11.4 Å². The van der Waals surface area contributed by atoms with Gasteiger partial charge in [-0.3, -0.25) is 4.79 Å². The molecule has 0 saturated carbocycles. The molecule has 2 aromatic rings. The fourth-order valence-electron chi connectivity index (χ4n) is 2.41. The number of carbonyl (C=O) groups excluding carboxylic acids is 1. The summed E-state index contributed by atoms with van der Waals surface area (Å²) in [4.78, 5) is 12.5. The maximum atomic E-state index is 12.5. The largest absolute Gasteiger partial charge is 0.495 e. The van der Waals surface area contributed by atoms with Crippen molar-refractivity contribution in [3.8, 4) is 17.2 Å². The SMILES string of the molecule is COc1cc(Cl)c(C)cc1NC(=O)C(C)Nc1ccc(OC)c(OC)c1. The normalized spacial score (nSPS) is 11.5. The van der Waals surface area contributed by atoms with Gasteiger partial charge in [0, 0.05) is 22.8 Å². The van der Waals surface area contributed by atoms with E-state index in [4.69, 9.17) is 25.8 Å². The Balaban J connectivity index is 2.12. The number of benzene rings is 2. The van der Waals surface area contributed by atoms with Gasteiger partial charge in [-0.1, -0.05) is 11.6 Å². The van der Waals surface area contributed by atoms with Gasteiger partial charge in [0.05, 0.1) is 27.0 Å². The first-order valence-electron chi connectivity index (χ1n) is 8.03. The molecular weight excluding hydrogens is 356 g/mol. The van der Waals surface area contributed by atoms with Gasteiger partial charge in [0.1, 0.15) is 11.8 Å². The predicted octanol–water partition coefficient (Wildman–Crippen LogP) is 4.11. The van der Waals surface area contributed by atoms with E-state index < -0.39 is 6.04 Å². The Morgan fingerprint density at radius 1 is 1.00 bits per heavy atom. The molecule has 0 fully saturated rings. The Hall–Kier alpha value is -2.60. The molecule has 0 aromatic heterocycles. The minimum atomic E-state index is -0.492. The molecule has 0 bridgehead atoms. The van der Waals surface area contributed by atoms with Crippen LogP contribution in [0.15, 0.2) is 30.3 Å². The average Bonchev–Trinajstić information content (AvgIpc) is 2.64. The van der Waals surface area contributed by atoms with Crippen molar-refractivity contribution in [1.29, 1.82) is 0 Å². The predicted molar refractivity (Wildman–Crippen MR) is 104 cm³/mol. The Morgan fingerprint density at radius 3 is 2.27 bits per heavy atom. The molecule has 2 rings (SSSR count). The minimum Gasteiger partial charge on any atom is -0.495 e. The van der Waals surface area contributed by atoms with Gasteiger partial charge in [0.2, 0.25) is 5.91 Å². The molecule has 0 heterocycles. The van der Waals surface area contributed by atoms with E-state index in [0.29, 0.717) is 28.0 Å². The van der Waals surface area contributed by atoms with E-state index in [1.807, 2.05) is 13.0 Å². The number of hydrogen-bond donors (Lipinski definition) is 2. The highest BCUT2D eigenvalue weighted by atomic mass is 35.5. The number of halogens is 1. The summed E-state index contributed by atoms with van der Waals surface area (Å²) in [6, 6.07) is 8.33. The molecule has 0 saturated heterocycles. The number of ether oxygens (including phenoxy) is 3. The molecule has 2 aromatic carbocycles. The molecular formula is C19H23ClN2O4. The zero-order chi connectivity index (χ0) is 19.3. The molecule has 1 amide bonds. The Bertz CT molecular complexity index is 795. The van der Waals surface area contributed by atoms with Gasteiger partial charge in [0.15, 0.2) is 11.5 Å². The van der Waals surface area contributed by atoms with Crippen molar-refractivity contribution >= 4 is 28.9 Å². The van der Waals surface area contributed by atoms with Gasteiger partial charge >= 0.3 is 0 Å². The van der Waals surface area contributed by atoms with Crippen LogP contribution in [0.25, 0.3) is 0 Å². The molecule has 0 aliphatic rings.